The molecule has 0 aromatic heterocycles. The van der Waals surface area contributed by atoms with Crippen LogP contribution in [0.25, 0.3) is 0 Å². The van der Waals surface area contributed by atoms with E-state index in [-0.39, 0.29) is 17.3 Å². The summed E-state index contributed by atoms with van der Waals surface area (Å²) in [6, 6.07) is 6.67. The highest BCUT2D eigenvalue weighted by Crippen LogP contribution is 2.40. The molecule has 1 amide bonds. The molecule has 0 atom stereocenters. The van der Waals surface area contributed by atoms with Gasteiger partial charge in [-0.1, -0.05) is 38.8 Å². The van der Waals surface area contributed by atoms with Crippen molar-refractivity contribution in [1.29, 1.82) is 0 Å². The molecule has 0 N–H and O–H groups in total. The topological polar surface area (TPSA) is 23.6 Å². The lowest BCUT2D eigenvalue weighted by atomic mass is 9.84. The second-order valence-electron chi connectivity index (χ2n) is 7.82. The van der Waals surface area contributed by atoms with E-state index in [4.69, 9.17) is 0 Å². The second-order valence-corrected chi connectivity index (χ2v) is 7.82. The van der Waals surface area contributed by atoms with Gasteiger partial charge >= 0.3 is 0 Å². The van der Waals surface area contributed by atoms with Gasteiger partial charge < -0.3 is 9.80 Å². The van der Waals surface area contributed by atoms with Crippen molar-refractivity contribution in [3.8, 4) is 0 Å². The summed E-state index contributed by atoms with van der Waals surface area (Å²) < 4.78 is 13.5. The van der Waals surface area contributed by atoms with Gasteiger partial charge in [-0.3, -0.25) is 4.79 Å². The molecule has 0 saturated carbocycles. The maximum atomic E-state index is 13.5. The monoisotopic (exact) mass is 346 g/mol. The second kappa shape index (κ2) is 7.86. The Morgan fingerprint density at radius 3 is 2.52 bits per heavy atom. The minimum Gasteiger partial charge on any atom is -0.333 e. The van der Waals surface area contributed by atoms with Gasteiger partial charge in [-0.2, -0.15) is 0 Å². The number of halogens is 1. The third kappa shape index (κ3) is 4.05. The van der Waals surface area contributed by atoms with Crippen molar-refractivity contribution >= 4 is 5.91 Å². The molecule has 1 aromatic rings. The van der Waals surface area contributed by atoms with E-state index in [0.717, 1.165) is 43.8 Å². The van der Waals surface area contributed by atoms with Crippen LogP contribution in [0.4, 0.5) is 4.39 Å². The van der Waals surface area contributed by atoms with Crippen molar-refractivity contribution in [3.63, 3.8) is 0 Å². The molecular weight excluding hydrogens is 315 g/mol. The fourth-order valence-corrected chi connectivity index (χ4v) is 4.53. The number of hydrogen-bond donors (Lipinski definition) is 0. The summed E-state index contributed by atoms with van der Waals surface area (Å²) in [5.74, 6) is 0.790. The van der Waals surface area contributed by atoms with Gasteiger partial charge in [-0.25, -0.2) is 4.39 Å². The molecule has 2 fully saturated rings. The van der Waals surface area contributed by atoms with Crippen LogP contribution in [-0.4, -0.2) is 40.9 Å². The molecule has 3 nitrogen and oxygen atoms in total. The minimum absolute atomic E-state index is 0.00612. The Labute approximate surface area is 151 Å². The lowest BCUT2D eigenvalue weighted by molar-refractivity contribution is -0.133. The summed E-state index contributed by atoms with van der Waals surface area (Å²) in [7, 11) is 0. The molecule has 3 rings (SSSR count). The normalized spacial score (nSPS) is 20.8. The van der Waals surface area contributed by atoms with E-state index < -0.39 is 0 Å². The highest BCUT2D eigenvalue weighted by atomic mass is 19.1. The van der Waals surface area contributed by atoms with Gasteiger partial charge in [0.15, 0.2) is 0 Å². The van der Waals surface area contributed by atoms with Crippen LogP contribution in [0, 0.1) is 11.7 Å². The van der Waals surface area contributed by atoms with Crippen molar-refractivity contribution in [1.82, 2.24) is 9.80 Å². The lowest BCUT2D eigenvalue weighted by Gasteiger charge is -2.45. The van der Waals surface area contributed by atoms with Crippen LogP contribution < -0.4 is 0 Å². The lowest BCUT2D eigenvalue weighted by Crippen LogP contribution is -2.53. The van der Waals surface area contributed by atoms with Crippen LogP contribution in [0.1, 0.15) is 57.9 Å². The van der Waals surface area contributed by atoms with Gasteiger partial charge in [0.2, 0.25) is 5.91 Å². The first kappa shape index (κ1) is 18.4. The van der Waals surface area contributed by atoms with Crippen molar-refractivity contribution in [3.05, 3.63) is 35.6 Å². The first-order chi connectivity index (χ1) is 12.1. The molecule has 0 radical (unpaired) electrons. The fourth-order valence-electron chi connectivity index (χ4n) is 4.53. The molecule has 2 aliphatic heterocycles. The smallest absolute Gasteiger partial charge is 0.223 e. The maximum absolute atomic E-state index is 13.5. The fraction of sp³-hybridized carbons (Fsp3) is 0.667. The van der Waals surface area contributed by atoms with Gasteiger partial charge in [0.1, 0.15) is 5.82 Å². The summed E-state index contributed by atoms with van der Waals surface area (Å²) in [5.41, 5.74) is 0.891. The van der Waals surface area contributed by atoms with Crippen LogP contribution in [0.15, 0.2) is 24.3 Å². The highest BCUT2D eigenvalue weighted by Gasteiger charge is 2.46. The Bertz CT molecular complexity index is 591. The number of amides is 1. The molecule has 25 heavy (non-hydrogen) atoms. The first-order valence-corrected chi connectivity index (χ1v) is 9.83. The molecular formula is C21H31FN2O. The summed E-state index contributed by atoms with van der Waals surface area (Å²) >= 11 is 0. The molecule has 0 unspecified atom stereocenters. The van der Waals surface area contributed by atoms with Crippen molar-refractivity contribution < 1.29 is 9.18 Å². The summed E-state index contributed by atoms with van der Waals surface area (Å²) in [5, 5.41) is 0. The van der Waals surface area contributed by atoms with E-state index in [1.807, 2.05) is 6.07 Å². The average Bonchev–Trinajstić information content (AvgIpc) is 2.91. The van der Waals surface area contributed by atoms with E-state index in [9.17, 15) is 9.18 Å². The number of benzene rings is 1. The Morgan fingerprint density at radius 2 is 1.88 bits per heavy atom. The number of carbonyl (C=O) groups excluding carboxylic acids is 1. The quantitative estimate of drug-likeness (QED) is 0.770. The van der Waals surface area contributed by atoms with E-state index in [1.54, 1.807) is 12.1 Å². The van der Waals surface area contributed by atoms with Crippen molar-refractivity contribution in [2.24, 2.45) is 5.92 Å². The van der Waals surface area contributed by atoms with Crippen molar-refractivity contribution in [2.45, 2.75) is 64.5 Å². The Kier molecular flexibility index (Phi) is 5.78. The molecule has 2 heterocycles. The average molecular weight is 346 g/mol. The zero-order valence-electron chi connectivity index (χ0n) is 15.6. The van der Waals surface area contributed by atoms with Gasteiger partial charge in [0, 0.05) is 38.1 Å². The third-order valence-corrected chi connectivity index (χ3v) is 6.37. The summed E-state index contributed by atoms with van der Waals surface area (Å²) in [6.07, 6.45) is 6.18. The van der Waals surface area contributed by atoms with Gasteiger partial charge in [-0.05, 0) is 42.9 Å². The van der Waals surface area contributed by atoms with Crippen LogP contribution in [0.2, 0.25) is 0 Å². The number of piperidine rings is 1. The minimum atomic E-state index is -0.224. The van der Waals surface area contributed by atoms with E-state index in [2.05, 4.69) is 23.6 Å². The zero-order valence-corrected chi connectivity index (χ0v) is 15.6. The molecule has 4 heteroatoms. The van der Waals surface area contributed by atoms with Crippen LogP contribution in [0.5, 0.6) is 0 Å². The van der Waals surface area contributed by atoms with E-state index in [1.165, 1.54) is 25.5 Å². The van der Waals surface area contributed by atoms with Crippen LogP contribution in [0.3, 0.4) is 0 Å². The predicted octanol–water partition coefficient (Wildman–Crippen LogP) is 4.22. The molecule has 1 spiro atoms. The van der Waals surface area contributed by atoms with Gasteiger partial charge in [0.25, 0.3) is 0 Å². The number of carbonyl (C=O) groups is 1. The van der Waals surface area contributed by atoms with E-state index in [0.29, 0.717) is 13.0 Å². The summed E-state index contributed by atoms with van der Waals surface area (Å²) in [6.45, 7) is 8.42. The highest BCUT2D eigenvalue weighted by molar-refractivity contribution is 5.79. The molecule has 0 aliphatic carbocycles. The predicted molar refractivity (Wildman–Crippen MR) is 98.7 cm³/mol. The van der Waals surface area contributed by atoms with Crippen LogP contribution >= 0.6 is 0 Å². The molecule has 138 valence electrons. The molecule has 1 aromatic carbocycles. The Balaban J connectivity index is 1.65. The van der Waals surface area contributed by atoms with E-state index >= 15 is 0 Å². The van der Waals surface area contributed by atoms with Gasteiger partial charge in [-0.15, -0.1) is 0 Å². The Hall–Kier alpha value is -1.42. The zero-order chi connectivity index (χ0) is 17.9. The SMILES string of the molecule is CCC(CC)CN1CCC2(CCC(=O)N2Cc2cccc(F)c2)CC1. The maximum Gasteiger partial charge on any atom is 0.223 e. The largest absolute Gasteiger partial charge is 0.333 e. The third-order valence-electron chi connectivity index (χ3n) is 6.37. The number of likely N-dealkylation sites (tertiary alicyclic amines) is 2. The summed E-state index contributed by atoms with van der Waals surface area (Å²) in [4.78, 5) is 17.1. The number of rotatable bonds is 6. The van der Waals surface area contributed by atoms with Crippen molar-refractivity contribution in [2.75, 3.05) is 19.6 Å². The molecule has 0 bridgehead atoms. The standard InChI is InChI=1S/C21H31FN2O/c1-3-17(4-2)15-23-12-10-21(11-13-23)9-8-20(25)24(21)16-18-6-5-7-19(22)14-18/h5-7,14,17H,3-4,8-13,15-16H2,1-2H3. The number of nitrogens with zero attached hydrogens (tertiary/aromatic N) is 2. The molecule has 2 saturated heterocycles. The van der Waals surface area contributed by atoms with Crippen LogP contribution in [-0.2, 0) is 11.3 Å². The Morgan fingerprint density at radius 1 is 1.16 bits per heavy atom. The first-order valence-electron chi connectivity index (χ1n) is 9.83. The van der Waals surface area contributed by atoms with Gasteiger partial charge in [0.05, 0.1) is 0 Å². The number of hydrogen-bond acceptors (Lipinski definition) is 2. The molecule has 2 aliphatic rings.